The summed E-state index contributed by atoms with van der Waals surface area (Å²) < 4.78 is 17.6. The summed E-state index contributed by atoms with van der Waals surface area (Å²) in [5.41, 5.74) is 0. The smallest absolute Gasteiger partial charge is 0.306 e. The molecule has 8 atom stereocenters. The number of nitrogens with one attached hydrogen (secondary N) is 1. The van der Waals surface area contributed by atoms with Crippen molar-refractivity contribution >= 4 is 11.9 Å². The van der Waals surface area contributed by atoms with Crippen molar-refractivity contribution in [2.24, 2.45) is 0 Å². The average Bonchev–Trinajstić information content (AvgIpc) is 3.39. The molecule has 1 aliphatic heterocycles. The van der Waals surface area contributed by atoms with Gasteiger partial charge in [-0.25, -0.2) is 0 Å². The van der Waals surface area contributed by atoms with Crippen LogP contribution in [-0.2, 0) is 23.8 Å². The summed E-state index contributed by atoms with van der Waals surface area (Å²) in [4.78, 5) is 26.5. The maximum atomic E-state index is 13.4. The van der Waals surface area contributed by atoms with E-state index in [1.54, 1.807) is 6.08 Å². The zero-order valence-corrected chi connectivity index (χ0v) is 46.7. The van der Waals surface area contributed by atoms with Crippen LogP contribution in [0.2, 0.25) is 0 Å². The summed E-state index contributed by atoms with van der Waals surface area (Å²) in [7, 11) is 0. The SMILES string of the molecule is CC/C=C/C=C/C=C/C=C\CCCCCCCC(=O)OC1C(OCC(NC(=O)C(O)CCCCCCCCCCCCCCCCCCCC)C(O)/C=C/CCCCCCCCCCC)OC(CO)C(O)C1O. The average molecular weight is 1030 g/mol. The minimum absolute atomic E-state index is 0.0969. The zero-order chi connectivity index (χ0) is 53.3. The van der Waals surface area contributed by atoms with Gasteiger partial charge in [0.1, 0.15) is 24.4 Å². The molecule has 73 heavy (non-hydrogen) atoms. The first-order chi connectivity index (χ1) is 35.7. The standard InChI is InChI=1S/C62H111NO10/c1-4-7-10-13-16-19-22-24-26-27-28-30-31-34-37-40-43-46-49-55(66)61(70)63-53(54(65)48-45-42-39-36-33-21-18-15-12-9-6-3)52-71-62-60(59(69)58(68)56(51-64)72-62)73-57(67)50-47-44-41-38-35-32-29-25-23-20-17-14-11-8-5-2/h8,11,14,17,20,23,25,29,45,48,53-56,58-60,62,64-66,68-69H,4-7,9-10,12-13,15-16,18-19,21-22,24,26-28,30-44,46-47,49-52H2,1-3H3,(H,63,70)/b11-8+,17-14+,23-20+,29-25-,48-45+. The number of esters is 1. The number of aliphatic hydroxyl groups excluding tert-OH is 5. The van der Waals surface area contributed by atoms with Crippen molar-refractivity contribution in [2.75, 3.05) is 13.2 Å². The van der Waals surface area contributed by atoms with E-state index >= 15 is 0 Å². The number of hydrogen-bond donors (Lipinski definition) is 6. The van der Waals surface area contributed by atoms with Crippen LogP contribution in [0.15, 0.2) is 60.8 Å². The Morgan fingerprint density at radius 1 is 0.548 bits per heavy atom. The molecule has 8 unspecified atom stereocenters. The lowest BCUT2D eigenvalue weighted by atomic mass is 9.99. The number of unbranched alkanes of at least 4 members (excludes halogenated alkanes) is 31. The molecule has 0 saturated carbocycles. The van der Waals surface area contributed by atoms with E-state index in [2.05, 4.69) is 38.2 Å². The normalized spacial score (nSPS) is 19.8. The van der Waals surface area contributed by atoms with Crippen LogP contribution in [0.4, 0.5) is 0 Å². The second-order valence-electron chi connectivity index (χ2n) is 20.8. The molecule has 1 fully saturated rings. The summed E-state index contributed by atoms with van der Waals surface area (Å²) >= 11 is 0. The highest BCUT2D eigenvalue weighted by Crippen LogP contribution is 2.26. The fourth-order valence-electron chi connectivity index (χ4n) is 9.25. The van der Waals surface area contributed by atoms with Crippen molar-refractivity contribution in [3.05, 3.63) is 60.8 Å². The molecule has 0 bridgehead atoms. The summed E-state index contributed by atoms with van der Waals surface area (Å²) in [6.45, 7) is 5.64. The highest BCUT2D eigenvalue weighted by atomic mass is 16.7. The number of amides is 1. The minimum atomic E-state index is -1.62. The number of allylic oxidation sites excluding steroid dienone is 9. The predicted molar refractivity (Wildman–Crippen MR) is 301 cm³/mol. The van der Waals surface area contributed by atoms with Gasteiger partial charge in [-0.15, -0.1) is 0 Å². The second kappa shape index (κ2) is 50.2. The Morgan fingerprint density at radius 3 is 1.48 bits per heavy atom. The third kappa shape index (κ3) is 38.5. The first kappa shape index (κ1) is 68.4. The Balaban J connectivity index is 2.69. The molecular formula is C62H111NO10. The van der Waals surface area contributed by atoms with Crippen LogP contribution >= 0.6 is 0 Å². The number of aliphatic hydroxyl groups is 5. The highest BCUT2D eigenvalue weighted by Gasteiger charge is 2.47. The van der Waals surface area contributed by atoms with Gasteiger partial charge >= 0.3 is 5.97 Å². The first-order valence-corrected chi connectivity index (χ1v) is 30.1. The van der Waals surface area contributed by atoms with E-state index in [1.807, 2.05) is 42.5 Å². The third-order valence-corrected chi connectivity index (χ3v) is 14.0. The van der Waals surface area contributed by atoms with Crippen molar-refractivity contribution < 1.29 is 49.3 Å². The van der Waals surface area contributed by atoms with Crippen LogP contribution in [0.1, 0.15) is 258 Å². The largest absolute Gasteiger partial charge is 0.454 e. The minimum Gasteiger partial charge on any atom is -0.454 e. The molecule has 1 amide bonds. The summed E-state index contributed by atoms with van der Waals surface area (Å²) in [6.07, 6.45) is 51.2. The van der Waals surface area contributed by atoms with Crippen LogP contribution in [0.5, 0.6) is 0 Å². The van der Waals surface area contributed by atoms with Gasteiger partial charge in [-0.3, -0.25) is 9.59 Å². The van der Waals surface area contributed by atoms with Gasteiger partial charge in [-0.1, -0.05) is 268 Å². The summed E-state index contributed by atoms with van der Waals surface area (Å²) in [5.74, 6) is -1.21. The van der Waals surface area contributed by atoms with Gasteiger partial charge in [0.05, 0.1) is 25.4 Å². The van der Waals surface area contributed by atoms with E-state index in [-0.39, 0.29) is 13.0 Å². The number of carbonyl (C=O) groups is 2. The Kier molecular flexibility index (Phi) is 47.0. The molecule has 1 heterocycles. The van der Waals surface area contributed by atoms with Gasteiger partial charge in [0.25, 0.3) is 0 Å². The Labute approximate surface area is 446 Å². The molecule has 0 aromatic carbocycles. The molecule has 1 saturated heterocycles. The molecule has 11 heteroatoms. The Hall–Kier alpha value is -2.64. The van der Waals surface area contributed by atoms with E-state index < -0.39 is 67.4 Å². The molecule has 0 spiro atoms. The van der Waals surface area contributed by atoms with Crippen LogP contribution in [-0.4, -0.2) is 99.6 Å². The molecule has 1 aliphatic rings. The van der Waals surface area contributed by atoms with Gasteiger partial charge in [-0.2, -0.15) is 0 Å². The first-order valence-electron chi connectivity index (χ1n) is 30.1. The second-order valence-corrected chi connectivity index (χ2v) is 20.8. The van der Waals surface area contributed by atoms with Crippen LogP contribution in [0.3, 0.4) is 0 Å². The molecule has 6 N–H and O–H groups in total. The summed E-state index contributed by atoms with van der Waals surface area (Å²) in [5, 5.41) is 56.9. The van der Waals surface area contributed by atoms with Crippen molar-refractivity contribution in [1.29, 1.82) is 0 Å². The fraction of sp³-hybridized carbons (Fsp3) is 0.806. The molecule has 0 radical (unpaired) electrons. The van der Waals surface area contributed by atoms with Gasteiger partial charge in [-0.05, 0) is 44.9 Å². The van der Waals surface area contributed by atoms with Gasteiger partial charge in [0, 0.05) is 6.42 Å². The maximum absolute atomic E-state index is 13.4. The Morgan fingerprint density at radius 2 is 0.986 bits per heavy atom. The summed E-state index contributed by atoms with van der Waals surface area (Å²) in [6, 6.07) is -1.03. The van der Waals surface area contributed by atoms with Crippen molar-refractivity contribution in [2.45, 2.75) is 307 Å². The predicted octanol–water partition coefficient (Wildman–Crippen LogP) is 13.8. The molecule has 0 aromatic rings. The molecule has 0 aliphatic carbocycles. The quantitative estimate of drug-likeness (QED) is 0.0149. The monoisotopic (exact) mass is 1030 g/mol. The molecular weight excluding hydrogens is 919 g/mol. The van der Waals surface area contributed by atoms with Gasteiger partial charge < -0.3 is 45.1 Å². The number of hydrogen-bond acceptors (Lipinski definition) is 10. The number of rotatable bonds is 50. The lowest BCUT2D eigenvalue weighted by molar-refractivity contribution is -0.305. The Bertz CT molecular complexity index is 1420. The van der Waals surface area contributed by atoms with Crippen LogP contribution < -0.4 is 5.32 Å². The number of carbonyl (C=O) groups excluding carboxylic acids is 2. The molecule has 11 nitrogen and oxygen atoms in total. The van der Waals surface area contributed by atoms with E-state index in [0.717, 1.165) is 77.0 Å². The lowest BCUT2D eigenvalue weighted by Crippen LogP contribution is -2.61. The number of ether oxygens (including phenoxy) is 3. The third-order valence-electron chi connectivity index (χ3n) is 14.0. The van der Waals surface area contributed by atoms with Gasteiger partial charge in [0.2, 0.25) is 5.91 Å². The van der Waals surface area contributed by atoms with Crippen molar-refractivity contribution in [3.63, 3.8) is 0 Å². The fourth-order valence-corrected chi connectivity index (χ4v) is 9.25. The molecule has 1 rings (SSSR count). The molecule has 424 valence electrons. The van der Waals surface area contributed by atoms with Gasteiger partial charge in [0.15, 0.2) is 12.4 Å². The maximum Gasteiger partial charge on any atom is 0.306 e. The van der Waals surface area contributed by atoms with Crippen LogP contribution in [0.25, 0.3) is 0 Å². The topological polar surface area (TPSA) is 175 Å². The van der Waals surface area contributed by atoms with E-state index in [1.165, 1.54) is 135 Å². The van der Waals surface area contributed by atoms with E-state index in [4.69, 9.17) is 14.2 Å². The highest BCUT2D eigenvalue weighted by molar-refractivity contribution is 5.80. The zero-order valence-electron chi connectivity index (χ0n) is 46.7. The van der Waals surface area contributed by atoms with Crippen molar-refractivity contribution in [1.82, 2.24) is 5.32 Å². The van der Waals surface area contributed by atoms with Crippen LogP contribution in [0, 0.1) is 0 Å². The van der Waals surface area contributed by atoms with E-state index in [0.29, 0.717) is 19.3 Å². The molecule has 0 aromatic heterocycles. The van der Waals surface area contributed by atoms with Crippen molar-refractivity contribution in [3.8, 4) is 0 Å². The lowest BCUT2D eigenvalue weighted by Gasteiger charge is -2.41. The van der Waals surface area contributed by atoms with E-state index in [9.17, 15) is 35.1 Å².